The van der Waals surface area contributed by atoms with Crippen LogP contribution in [-0.4, -0.2) is 15.2 Å². The Kier molecular flexibility index (Phi) is 3.31. The molecule has 0 aliphatic rings. The van der Waals surface area contributed by atoms with E-state index in [0.717, 1.165) is 12.4 Å². The monoisotopic (exact) mass is 216 g/mol. The predicted molar refractivity (Wildman–Crippen MR) is 62.8 cm³/mol. The molecule has 84 valence electrons. The number of hydrogen-bond acceptors (Lipinski definition) is 3. The van der Waals surface area contributed by atoms with Gasteiger partial charge in [0.05, 0.1) is 6.54 Å². The minimum atomic E-state index is 0.716. The van der Waals surface area contributed by atoms with E-state index in [0.29, 0.717) is 6.54 Å². The molecule has 1 aromatic heterocycles. The Bertz CT molecular complexity index is 448. The van der Waals surface area contributed by atoms with E-state index in [1.165, 1.54) is 23.0 Å². The molecule has 1 heterocycles. The normalized spacial score (nSPS) is 10.6. The van der Waals surface area contributed by atoms with Gasteiger partial charge in [-0.2, -0.15) is 5.10 Å². The lowest BCUT2D eigenvalue weighted by molar-refractivity contribution is 0.662. The van der Waals surface area contributed by atoms with Gasteiger partial charge < -0.3 is 5.32 Å². The van der Waals surface area contributed by atoms with Crippen molar-refractivity contribution in [1.82, 2.24) is 20.5 Å². The fraction of sp³-hybridized carbons (Fsp3) is 0.333. The van der Waals surface area contributed by atoms with Crippen LogP contribution in [0.25, 0.3) is 0 Å². The van der Waals surface area contributed by atoms with Crippen LogP contribution in [0.2, 0.25) is 0 Å². The molecular formula is C12H16N4. The third kappa shape index (κ3) is 2.67. The van der Waals surface area contributed by atoms with Gasteiger partial charge in [0.2, 0.25) is 0 Å². The summed E-state index contributed by atoms with van der Waals surface area (Å²) in [6.07, 6.45) is 1.52. The largest absolute Gasteiger partial charge is 0.306 e. The zero-order valence-electron chi connectivity index (χ0n) is 9.62. The third-order valence-electron chi connectivity index (χ3n) is 2.58. The van der Waals surface area contributed by atoms with Crippen molar-refractivity contribution in [3.63, 3.8) is 0 Å². The molecule has 0 atom stereocenters. The second kappa shape index (κ2) is 4.90. The van der Waals surface area contributed by atoms with Crippen LogP contribution in [0.1, 0.15) is 22.5 Å². The van der Waals surface area contributed by atoms with Gasteiger partial charge in [0.15, 0.2) is 0 Å². The van der Waals surface area contributed by atoms with Crippen LogP contribution in [0, 0.1) is 13.8 Å². The van der Waals surface area contributed by atoms with Crippen LogP contribution >= 0.6 is 0 Å². The molecule has 0 saturated heterocycles. The van der Waals surface area contributed by atoms with Gasteiger partial charge >= 0.3 is 0 Å². The van der Waals surface area contributed by atoms with E-state index in [4.69, 9.17) is 0 Å². The lowest BCUT2D eigenvalue weighted by Gasteiger charge is -2.07. The first-order valence-electron chi connectivity index (χ1n) is 5.37. The molecule has 2 rings (SSSR count). The van der Waals surface area contributed by atoms with E-state index < -0.39 is 0 Å². The molecule has 0 unspecified atom stereocenters. The number of rotatable bonds is 4. The van der Waals surface area contributed by atoms with Crippen LogP contribution in [0.15, 0.2) is 24.5 Å². The zero-order valence-corrected chi connectivity index (χ0v) is 9.62. The Morgan fingerprint density at radius 2 is 2.12 bits per heavy atom. The molecule has 0 amide bonds. The third-order valence-corrected chi connectivity index (χ3v) is 2.58. The van der Waals surface area contributed by atoms with Gasteiger partial charge in [-0.25, -0.2) is 4.98 Å². The van der Waals surface area contributed by atoms with E-state index in [1.807, 2.05) is 0 Å². The number of aromatic amines is 1. The Labute approximate surface area is 95.1 Å². The Balaban J connectivity index is 1.92. The Morgan fingerprint density at radius 1 is 1.25 bits per heavy atom. The van der Waals surface area contributed by atoms with E-state index in [-0.39, 0.29) is 0 Å². The van der Waals surface area contributed by atoms with Crippen LogP contribution < -0.4 is 5.32 Å². The van der Waals surface area contributed by atoms with Gasteiger partial charge in [-0.1, -0.05) is 23.8 Å². The van der Waals surface area contributed by atoms with Crippen LogP contribution in [-0.2, 0) is 13.1 Å². The number of nitrogens with zero attached hydrogens (tertiary/aromatic N) is 2. The molecule has 4 heteroatoms. The molecule has 0 aliphatic heterocycles. The Hall–Kier alpha value is -1.68. The minimum absolute atomic E-state index is 0.716. The summed E-state index contributed by atoms with van der Waals surface area (Å²) < 4.78 is 0. The molecule has 2 N–H and O–H groups in total. The molecule has 0 fully saturated rings. The van der Waals surface area contributed by atoms with E-state index >= 15 is 0 Å². The van der Waals surface area contributed by atoms with E-state index in [9.17, 15) is 0 Å². The lowest BCUT2D eigenvalue weighted by atomic mass is 10.1. The van der Waals surface area contributed by atoms with Crippen molar-refractivity contribution < 1.29 is 0 Å². The van der Waals surface area contributed by atoms with E-state index in [2.05, 4.69) is 52.5 Å². The summed E-state index contributed by atoms with van der Waals surface area (Å²) >= 11 is 0. The predicted octanol–water partition coefficient (Wildman–Crippen LogP) is 1.71. The molecule has 0 bridgehead atoms. The highest BCUT2D eigenvalue weighted by molar-refractivity contribution is 5.30. The number of benzene rings is 1. The van der Waals surface area contributed by atoms with Gasteiger partial charge in [0, 0.05) is 6.54 Å². The number of hydrogen-bond donors (Lipinski definition) is 2. The van der Waals surface area contributed by atoms with Gasteiger partial charge in [0.1, 0.15) is 12.2 Å². The molecule has 16 heavy (non-hydrogen) atoms. The van der Waals surface area contributed by atoms with Crippen molar-refractivity contribution in [3.8, 4) is 0 Å². The van der Waals surface area contributed by atoms with Gasteiger partial charge in [-0.3, -0.25) is 5.10 Å². The maximum absolute atomic E-state index is 4.06. The highest BCUT2D eigenvalue weighted by Gasteiger charge is 1.99. The van der Waals surface area contributed by atoms with Gasteiger partial charge in [-0.15, -0.1) is 0 Å². The maximum Gasteiger partial charge on any atom is 0.138 e. The van der Waals surface area contributed by atoms with Crippen molar-refractivity contribution in [2.24, 2.45) is 0 Å². The van der Waals surface area contributed by atoms with Crippen molar-refractivity contribution in [2.45, 2.75) is 26.9 Å². The molecule has 1 aromatic carbocycles. The molecule has 0 saturated carbocycles. The van der Waals surface area contributed by atoms with Crippen molar-refractivity contribution in [1.29, 1.82) is 0 Å². The fourth-order valence-corrected chi connectivity index (χ4v) is 1.62. The zero-order chi connectivity index (χ0) is 11.4. The second-order valence-corrected chi connectivity index (χ2v) is 3.97. The summed E-state index contributed by atoms with van der Waals surface area (Å²) in [5.41, 5.74) is 3.94. The summed E-state index contributed by atoms with van der Waals surface area (Å²) in [5, 5.41) is 9.97. The van der Waals surface area contributed by atoms with Crippen molar-refractivity contribution in [3.05, 3.63) is 47.0 Å². The second-order valence-electron chi connectivity index (χ2n) is 3.97. The summed E-state index contributed by atoms with van der Waals surface area (Å²) in [6.45, 7) is 5.81. The average molecular weight is 216 g/mol. The average Bonchev–Trinajstić information content (AvgIpc) is 2.76. The maximum atomic E-state index is 4.06. The molecule has 0 spiro atoms. The summed E-state index contributed by atoms with van der Waals surface area (Å²) in [4.78, 5) is 4.06. The molecule has 2 aromatic rings. The van der Waals surface area contributed by atoms with Gasteiger partial charge in [0.25, 0.3) is 0 Å². The van der Waals surface area contributed by atoms with Crippen LogP contribution in [0.4, 0.5) is 0 Å². The first-order chi connectivity index (χ1) is 7.75. The highest BCUT2D eigenvalue weighted by atomic mass is 15.2. The summed E-state index contributed by atoms with van der Waals surface area (Å²) in [7, 11) is 0. The SMILES string of the molecule is Cc1ccc(C)c(CNCc2ncn[nH]2)c1. The topological polar surface area (TPSA) is 53.6 Å². The van der Waals surface area contributed by atoms with Crippen LogP contribution in [0.5, 0.6) is 0 Å². The summed E-state index contributed by atoms with van der Waals surface area (Å²) in [5.74, 6) is 0.866. The molecule has 0 radical (unpaired) electrons. The van der Waals surface area contributed by atoms with E-state index in [1.54, 1.807) is 0 Å². The number of aryl methyl sites for hydroxylation is 2. The first-order valence-corrected chi connectivity index (χ1v) is 5.37. The minimum Gasteiger partial charge on any atom is -0.306 e. The number of H-pyrrole nitrogens is 1. The molecule has 0 aliphatic carbocycles. The molecular weight excluding hydrogens is 200 g/mol. The standard InChI is InChI=1S/C12H16N4/c1-9-3-4-10(2)11(5-9)6-13-7-12-14-8-15-16-12/h3-5,8,13H,6-7H2,1-2H3,(H,14,15,16). The van der Waals surface area contributed by atoms with Crippen molar-refractivity contribution >= 4 is 0 Å². The van der Waals surface area contributed by atoms with Crippen LogP contribution in [0.3, 0.4) is 0 Å². The smallest absolute Gasteiger partial charge is 0.138 e. The number of aromatic nitrogens is 3. The summed E-state index contributed by atoms with van der Waals surface area (Å²) in [6, 6.07) is 6.50. The van der Waals surface area contributed by atoms with Crippen molar-refractivity contribution in [2.75, 3.05) is 0 Å². The highest BCUT2D eigenvalue weighted by Crippen LogP contribution is 2.10. The fourth-order valence-electron chi connectivity index (χ4n) is 1.62. The lowest BCUT2D eigenvalue weighted by Crippen LogP contribution is -2.14. The Morgan fingerprint density at radius 3 is 2.88 bits per heavy atom. The first kappa shape index (κ1) is 10.8. The quantitative estimate of drug-likeness (QED) is 0.818. The molecule has 4 nitrogen and oxygen atoms in total. The number of nitrogens with one attached hydrogen (secondary N) is 2. The van der Waals surface area contributed by atoms with Gasteiger partial charge in [-0.05, 0) is 25.0 Å².